The largest absolute Gasteiger partial charge is 0.506 e. The van der Waals surface area contributed by atoms with Crippen LogP contribution in [0.15, 0.2) is 113 Å². The van der Waals surface area contributed by atoms with Crippen LogP contribution in [0.2, 0.25) is 0 Å². The lowest BCUT2D eigenvalue weighted by Gasteiger charge is -2.10. The number of rotatable bonds is 11. The van der Waals surface area contributed by atoms with Crippen molar-refractivity contribution in [3.05, 3.63) is 88.7 Å². The molecule has 0 unspecified atom stereocenters. The quantitative estimate of drug-likeness (QED) is 0.0784. The highest BCUT2D eigenvalue weighted by Gasteiger charge is 2.25. The van der Waals surface area contributed by atoms with Crippen molar-refractivity contribution in [3.63, 3.8) is 0 Å². The molecule has 0 radical (unpaired) electrons. The molecule has 5 rings (SSSR count). The summed E-state index contributed by atoms with van der Waals surface area (Å²) in [6.45, 7) is 3.20. The van der Waals surface area contributed by atoms with Crippen molar-refractivity contribution in [2.45, 2.75) is 14.7 Å². The minimum absolute atomic E-state index is 0.00934. The van der Waals surface area contributed by atoms with Crippen LogP contribution in [0.25, 0.3) is 16.5 Å². The van der Waals surface area contributed by atoms with E-state index in [1.807, 2.05) is 0 Å². The van der Waals surface area contributed by atoms with Gasteiger partial charge in [0.25, 0.3) is 25.8 Å². The van der Waals surface area contributed by atoms with Gasteiger partial charge < -0.3 is 20.1 Å². The Labute approximate surface area is 291 Å². The van der Waals surface area contributed by atoms with Crippen LogP contribution < -0.4 is 10.3 Å². The average molecular weight is 775 g/mol. The van der Waals surface area contributed by atoms with Crippen LogP contribution in [-0.2, 0) is 30.1 Å². The molecule has 0 spiro atoms. The Bertz CT molecular complexity index is 2770. The monoisotopic (exact) mass is 774 g/mol. The van der Waals surface area contributed by atoms with E-state index >= 15 is 0 Å². The molecule has 6 N–H and O–H groups in total. The molecular weight excluding hydrogens is 753 g/mol. The number of hydrogen-bond donors (Lipinski definition) is 6. The highest BCUT2D eigenvalue weighted by molar-refractivity contribution is 7.94. The zero-order chi connectivity index (χ0) is 38.3. The molecule has 0 bridgehead atoms. The predicted octanol–water partition coefficient (Wildman–Crippen LogP) is 4.68. The highest BCUT2D eigenvalue weighted by atomic mass is 32.2. The number of sulfone groups is 1. The van der Waals surface area contributed by atoms with Gasteiger partial charge in [0, 0.05) is 22.9 Å². The van der Waals surface area contributed by atoms with E-state index in [0.29, 0.717) is 5.41 Å². The molecular formula is C29H22N6O14S3. The molecule has 0 atom stereocenters. The number of methoxy groups -OCH3 is 1. The molecule has 1 aromatic heterocycles. The number of carbonyl (C=O) groups is 1. The van der Waals surface area contributed by atoms with E-state index in [1.54, 1.807) is 0 Å². The molecule has 1 heterocycles. The topological polar surface area (TPSA) is 317 Å². The Balaban J connectivity index is 1.59. The van der Waals surface area contributed by atoms with Gasteiger partial charge in [-0.1, -0.05) is 12.6 Å². The Morgan fingerprint density at radius 1 is 0.846 bits per heavy atom. The number of aromatic hydroxyl groups is 2. The Morgan fingerprint density at radius 3 is 2.08 bits per heavy atom. The molecule has 0 aliphatic rings. The summed E-state index contributed by atoms with van der Waals surface area (Å²) in [5.41, 5.74) is -3.86. The van der Waals surface area contributed by atoms with Crippen LogP contribution in [0.3, 0.4) is 0 Å². The first-order chi connectivity index (χ1) is 24.3. The summed E-state index contributed by atoms with van der Waals surface area (Å²) in [7, 11) is -12.6. The maximum atomic E-state index is 13.1. The number of benzene rings is 4. The number of aromatic amines is 1. The van der Waals surface area contributed by atoms with E-state index in [9.17, 15) is 59.3 Å². The van der Waals surface area contributed by atoms with Gasteiger partial charge in [-0.3, -0.25) is 19.0 Å². The number of carboxylic acid groups (broad SMARTS) is 1. The first kappa shape index (κ1) is 37.0. The van der Waals surface area contributed by atoms with Crippen LogP contribution in [0, 0.1) is 0 Å². The fourth-order valence-electron chi connectivity index (χ4n) is 4.61. The minimum atomic E-state index is -5.08. The second-order valence-electron chi connectivity index (χ2n) is 10.3. The van der Waals surface area contributed by atoms with Crippen molar-refractivity contribution >= 4 is 69.6 Å². The number of phenolic OH excluding ortho intramolecular Hbond substituents is 2. The number of azo groups is 2. The van der Waals surface area contributed by atoms with Crippen LogP contribution in [0.5, 0.6) is 17.2 Å². The molecule has 20 nitrogen and oxygen atoms in total. The zero-order valence-corrected chi connectivity index (χ0v) is 28.4. The minimum Gasteiger partial charge on any atom is -0.506 e. The lowest BCUT2D eigenvalue weighted by molar-refractivity contribution is 0.0690. The Hall–Kier alpha value is -6.27. The molecule has 0 fully saturated rings. The molecule has 270 valence electrons. The molecule has 0 aliphatic carbocycles. The maximum absolute atomic E-state index is 13.1. The normalized spacial score (nSPS) is 12.5. The lowest BCUT2D eigenvalue weighted by Crippen LogP contribution is -2.14. The first-order valence-electron chi connectivity index (χ1n) is 13.8. The number of aromatic nitrogens is 2. The zero-order valence-electron chi connectivity index (χ0n) is 25.9. The van der Waals surface area contributed by atoms with Crippen molar-refractivity contribution in [1.82, 2.24) is 9.78 Å². The van der Waals surface area contributed by atoms with E-state index < -0.39 is 90.5 Å². The second kappa shape index (κ2) is 13.5. The summed E-state index contributed by atoms with van der Waals surface area (Å²) in [5.74, 6) is -3.55. The number of ether oxygens (including phenoxy) is 1. The van der Waals surface area contributed by atoms with Crippen molar-refractivity contribution in [3.8, 4) is 22.9 Å². The highest BCUT2D eigenvalue weighted by Crippen LogP contribution is 2.44. The third-order valence-electron chi connectivity index (χ3n) is 7.10. The summed E-state index contributed by atoms with van der Waals surface area (Å²) >= 11 is 0. The summed E-state index contributed by atoms with van der Waals surface area (Å²) in [5, 5.41) is 49.0. The van der Waals surface area contributed by atoms with E-state index in [0.717, 1.165) is 60.3 Å². The van der Waals surface area contributed by atoms with Gasteiger partial charge in [-0.15, -0.1) is 15.3 Å². The molecule has 0 amide bonds. The molecule has 0 saturated heterocycles. The predicted molar refractivity (Wildman–Crippen MR) is 179 cm³/mol. The van der Waals surface area contributed by atoms with Crippen molar-refractivity contribution in [2.75, 3.05) is 7.11 Å². The maximum Gasteiger partial charge on any atom is 0.356 e. The smallest absolute Gasteiger partial charge is 0.356 e. The number of fused-ring (bicyclic) bond motifs is 1. The number of nitrogens with zero attached hydrogens (tertiary/aromatic N) is 5. The van der Waals surface area contributed by atoms with Crippen molar-refractivity contribution in [1.29, 1.82) is 0 Å². The molecule has 5 aromatic rings. The summed E-state index contributed by atoms with van der Waals surface area (Å²) in [6, 6.07) is 10.4. The number of carboxylic acids is 1. The number of phenols is 2. The fraction of sp³-hybridized carbons (Fsp3) is 0.0345. The fourth-order valence-corrected chi connectivity index (χ4v) is 6.62. The summed E-state index contributed by atoms with van der Waals surface area (Å²) in [6.07, 6.45) is 0. The molecule has 52 heavy (non-hydrogen) atoms. The number of nitrogens with one attached hydrogen (secondary N) is 1. The van der Waals surface area contributed by atoms with E-state index in [2.05, 4.69) is 32.1 Å². The molecule has 23 heteroatoms. The SMILES string of the molecule is C=CS(=O)(=O)c1cc(O)c(N=Nc2c(S(=O)(=O)O)cc3ccc(N=Nc4c(C(=O)O)[nH]n(-c5ccc(S(=O)(=O)O)cc5)c4=O)cc3c2O)cc1OC. The third-order valence-corrected chi connectivity index (χ3v) is 10.2. The van der Waals surface area contributed by atoms with Gasteiger partial charge in [-0.05, 0) is 47.9 Å². The van der Waals surface area contributed by atoms with Crippen molar-refractivity contribution in [2.24, 2.45) is 20.5 Å². The van der Waals surface area contributed by atoms with Gasteiger partial charge in [0.2, 0.25) is 9.84 Å². The standard InChI is InChI=1S/C29H22N6O14S3/c1-3-50(41,42)22-13-20(36)19(12-21(22)49-2)31-32-24-23(52(46,47)48)10-14-4-5-15(11-18(14)27(24)37)30-33-25-26(29(39)40)34-35(28(25)38)16-6-8-17(9-7-16)51(43,44)45/h3-13,34,36-37H,1H2,2H3,(H,39,40)(H,43,44,45)(H,46,47,48). The van der Waals surface area contributed by atoms with Gasteiger partial charge >= 0.3 is 5.97 Å². The Kier molecular flexibility index (Phi) is 9.57. The molecule has 0 aliphatic heterocycles. The average Bonchev–Trinajstić information content (AvgIpc) is 3.42. The van der Waals surface area contributed by atoms with Crippen molar-refractivity contribution < 1.29 is 59.2 Å². The lowest BCUT2D eigenvalue weighted by atomic mass is 10.1. The van der Waals surface area contributed by atoms with Gasteiger partial charge in [0.1, 0.15) is 32.7 Å². The van der Waals surface area contributed by atoms with Gasteiger partial charge in [-0.2, -0.15) is 21.9 Å². The van der Waals surface area contributed by atoms with Crippen LogP contribution in [0.4, 0.5) is 22.7 Å². The van der Waals surface area contributed by atoms with Crippen LogP contribution in [-0.4, -0.2) is 72.5 Å². The number of H-pyrrole nitrogens is 1. The number of hydrogen-bond acceptors (Lipinski definition) is 15. The van der Waals surface area contributed by atoms with E-state index in [1.165, 1.54) is 12.1 Å². The van der Waals surface area contributed by atoms with Crippen LogP contribution >= 0.6 is 0 Å². The van der Waals surface area contributed by atoms with Gasteiger partial charge in [0.15, 0.2) is 17.1 Å². The molecule has 4 aromatic carbocycles. The number of aromatic carboxylic acids is 1. The van der Waals surface area contributed by atoms with E-state index in [-0.39, 0.29) is 27.9 Å². The van der Waals surface area contributed by atoms with Crippen LogP contribution in [0.1, 0.15) is 10.5 Å². The van der Waals surface area contributed by atoms with Gasteiger partial charge in [-0.25, -0.2) is 17.9 Å². The summed E-state index contributed by atoms with van der Waals surface area (Å²) < 4.78 is 96.7. The van der Waals surface area contributed by atoms with E-state index in [4.69, 9.17) is 4.74 Å². The third kappa shape index (κ3) is 7.14. The Morgan fingerprint density at radius 2 is 1.50 bits per heavy atom. The van der Waals surface area contributed by atoms with Gasteiger partial charge in [0.05, 0.1) is 23.4 Å². The first-order valence-corrected chi connectivity index (χ1v) is 18.2. The molecule has 0 saturated carbocycles. The summed E-state index contributed by atoms with van der Waals surface area (Å²) in [4.78, 5) is 23.1. The second-order valence-corrected chi connectivity index (χ2v) is 15.0.